The van der Waals surface area contributed by atoms with Crippen molar-refractivity contribution in [3.63, 3.8) is 0 Å². The third-order valence-corrected chi connectivity index (χ3v) is 2.46. The summed E-state index contributed by atoms with van der Waals surface area (Å²) in [4.78, 5) is 26.8. The van der Waals surface area contributed by atoms with E-state index in [1.165, 1.54) is 0 Å². The Morgan fingerprint density at radius 2 is 2.43 bits per heavy atom. The third-order valence-electron chi connectivity index (χ3n) is 2.46. The van der Waals surface area contributed by atoms with Crippen LogP contribution in [0.2, 0.25) is 0 Å². The molecule has 5 nitrogen and oxygen atoms in total. The van der Waals surface area contributed by atoms with Gasteiger partial charge in [-0.1, -0.05) is 0 Å². The van der Waals surface area contributed by atoms with Gasteiger partial charge in [0.25, 0.3) is 0 Å². The molecule has 14 heavy (non-hydrogen) atoms. The van der Waals surface area contributed by atoms with Crippen LogP contribution in [-0.4, -0.2) is 35.2 Å². The summed E-state index contributed by atoms with van der Waals surface area (Å²) >= 11 is 0. The molecule has 3 N–H and O–H groups in total. The molecule has 1 aromatic heterocycles. The first-order valence-electron chi connectivity index (χ1n) is 4.30. The van der Waals surface area contributed by atoms with Crippen molar-refractivity contribution in [3.05, 3.63) is 23.0 Å². The molecular formula is C9H11N3O2. The lowest BCUT2D eigenvalue weighted by atomic mass is 10.0. The molecule has 0 aliphatic carbocycles. The number of hydrogen-bond donors (Lipinski definition) is 2. The van der Waals surface area contributed by atoms with Gasteiger partial charge in [-0.15, -0.1) is 0 Å². The molecule has 0 saturated carbocycles. The number of aldehydes is 1. The van der Waals surface area contributed by atoms with E-state index < -0.39 is 6.17 Å². The number of aromatic nitrogens is 1. The topological polar surface area (TPSA) is 79.2 Å². The number of aromatic amines is 1. The first kappa shape index (κ1) is 9.11. The third kappa shape index (κ3) is 1.18. The fourth-order valence-corrected chi connectivity index (χ4v) is 1.64. The van der Waals surface area contributed by atoms with E-state index in [-0.39, 0.29) is 5.78 Å². The monoisotopic (exact) mass is 193 g/mol. The Labute approximate surface area is 80.9 Å². The summed E-state index contributed by atoms with van der Waals surface area (Å²) in [6, 6.07) is 1.55. The molecule has 0 fully saturated rings. The lowest BCUT2D eigenvalue weighted by molar-refractivity contribution is 0.0818. The van der Waals surface area contributed by atoms with E-state index in [4.69, 9.17) is 5.73 Å². The predicted molar refractivity (Wildman–Crippen MR) is 50.0 cm³/mol. The number of ketones is 1. The molecule has 2 rings (SSSR count). The average Bonchev–Trinajstić information content (AvgIpc) is 2.57. The number of nitrogens with two attached hydrogens (primary N) is 1. The van der Waals surface area contributed by atoms with Gasteiger partial charge in [-0.05, 0) is 13.1 Å². The highest BCUT2D eigenvalue weighted by Gasteiger charge is 2.30. The summed E-state index contributed by atoms with van der Waals surface area (Å²) in [6.45, 7) is 0.566. The van der Waals surface area contributed by atoms with Crippen LogP contribution in [0.3, 0.4) is 0 Å². The summed E-state index contributed by atoms with van der Waals surface area (Å²) < 4.78 is 0. The first-order valence-corrected chi connectivity index (χ1v) is 4.30. The maximum absolute atomic E-state index is 11.7. The van der Waals surface area contributed by atoms with E-state index in [0.29, 0.717) is 24.1 Å². The molecule has 0 saturated heterocycles. The number of rotatable bonds is 1. The summed E-state index contributed by atoms with van der Waals surface area (Å²) in [5, 5.41) is 0. The molecule has 0 radical (unpaired) electrons. The van der Waals surface area contributed by atoms with Crippen molar-refractivity contribution in [3.8, 4) is 0 Å². The number of fused-ring (bicyclic) bond motifs is 1. The summed E-state index contributed by atoms with van der Waals surface area (Å²) in [5.74, 6) is -0.141. The second-order valence-electron chi connectivity index (χ2n) is 3.46. The normalized spacial score (nSPS) is 22.1. The van der Waals surface area contributed by atoms with Crippen LogP contribution in [0.25, 0.3) is 0 Å². The Kier molecular flexibility index (Phi) is 1.98. The number of carbonyl (C=O) groups is 2. The van der Waals surface area contributed by atoms with Crippen molar-refractivity contribution >= 4 is 12.1 Å². The van der Waals surface area contributed by atoms with E-state index in [1.54, 1.807) is 18.0 Å². The van der Waals surface area contributed by atoms with Crippen LogP contribution in [-0.2, 0) is 6.54 Å². The second-order valence-corrected chi connectivity index (χ2v) is 3.46. The van der Waals surface area contributed by atoms with Crippen LogP contribution in [0.5, 0.6) is 0 Å². The molecule has 0 bridgehead atoms. The molecule has 1 aromatic rings. The maximum Gasteiger partial charge on any atom is 0.196 e. The van der Waals surface area contributed by atoms with Crippen molar-refractivity contribution in [2.24, 2.45) is 5.73 Å². The average molecular weight is 193 g/mol. The number of carbonyl (C=O) groups excluding carboxylic acids is 2. The van der Waals surface area contributed by atoms with Crippen molar-refractivity contribution < 1.29 is 9.59 Å². The van der Waals surface area contributed by atoms with Crippen LogP contribution in [0.1, 0.15) is 26.5 Å². The van der Waals surface area contributed by atoms with Gasteiger partial charge >= 0.3 is 0 Å². The van der Waals surface area contributed by atoms with Crippen LogP contribution in [0.4, 0.5) is 0 Å². The first-order chi connectivity index (χ1) is 6.63. The molecule has 74 valence electrons. The number of nitrogens with zero attached hydrogens (tertiary/aromatic N) is 1. The van der Waals surface area contributed by atoms with E-state index in [1.807, 2.05) is 0 Å². The van der Waals surface area contributed by atoms with Crippen molar-refractivity contribution in [2.75, 3.05) is 7.05 Å². The molecule has 1 unspecified atom stereocenters. The smallest absolute Gasteiger partial charge is 0.196 e. The lowest BCUT2D eigenvalue weighted by Crippen LogP contribution is -2.48. The maximum atomic E-state index is 11.7. The molecule has 1 aliphatic heterocycles. The van der Waals surface area contributed by atoms with Gasteiger partial charge in [0.1, 0.15) is 6.17 Å². The molecule has 2 heterocycles. The SMILES string of the molecule is CN1Cc2[nH]c(C=O)cc2C(=O)C1N. The highest BCUT2D eigenvalue weighted by atomic mass is 16.1. The molecule has 0 aromatic carbocycles. The molecule has 1 atom stereocenters. The summed E-state index contributed by atoms with van der Waals surface area (Å²) in [5.41, 5.74) is 7.39. The minimum atomic E-state index is -0.599. The number of nitrogens with one attached hydrogen (secondary N) is 1. The van der Waals surface area contributed by atoms with Gasteiger partial charge in [-0.25, -0.2) is 0 Å². The van der Waals surface area contributed by atoms with Gasteiger partial charge in [0.05, 0.1) is 5.69 Å². The van der Waals surface area contributed by atoms with E-state index in [0.717, 1.165) is 5.69 Å². The van der Waals surface area contributed by atoms with Gasteiger partial charge in [0.15, 0.2) is 12.1 Å². The molecule has 1 aliphatic rings. The van der Waals surface area contributed by atoms with E-state index >= 15 is 0 Å². The van der Waals surface area contributed by atoms with Gasteiger partial charge in [-0.3, -0.25) is 14.5 Å². The molecule has 5 heteroatoms. The van der Waals surface area contributed by atoms with Crippen LogP contribution < -0.4 is 5.73 Å². The Hall–Kier alpha value is -1.46. The molecular weight excluding hydrogens is 182 g/mol. The quantitative estimate of drug-likeness (QED) is 0.602. The van der Waals surface area contributed by atoms with Crippen LogP contribution >= 0.6 is 0 Å². The Morgan fingerprint density at radius 3 is 3.07 bits per heavy atom. The summed E-state index contributed by atoms with van der Waals surface area (Å²) in [6.07, 6.45) is 0.0923. The van der Waals surface area contributed by atoms with Gasteiger partial charge in [-0.2, -0.15) is 0 Å². The molecule has 0 amide bonds. The fraction of sp³-hybridized carbons (Fsp3) is 0.333. The van der Waals surface area contributed by atoms with Crippen molar-refractivity contribution in [1.29, 1.82) is 0 Å². The minimum Gasteiger partial charge on any atom is -0.355 e. The Morgan fingerprint density at radius 1 is 1.71 bits per heavy atom. The largest absolute Gasteiger partial charge is 0.355 e. The Bertz CT molecular complexity index is 397. The predicted octanol–water partition coefficient (Wildman–Crippen LogP) is -0.260. The molecule has 0 spiro atoms. The van der Waals surface area contributed by atoms with Crippen molar-refractivity contribution in [2.45, 2.75) is 12.7 Å². The zero-order valence-corrected chi connectivity index (χ0v) is 7.78. The second kappa shape index (κ2) is 3.04. The van der Waals surface area contributed by atoms with Gasteiger partial charge < -0.3 is 10.7 Å². The standard InChI is InChI=1S/C9H11N3O2/c1-12-3-7-6(8(14)9(12)10)2-5(4-13)11-7/h2,4,9,11H,3,10H2,1H3. The van der Waals surface area contributed by atoms with Crippen molar-refractivity contribution in [1.82, 2.24) is 9.88 Å². The van der Waals surface area contributed by atoms with E-state index in [2.05, 4.69) is 4.98 Å². The van der Waals surface area contributed by atoms with Crippen LogP contribution in [0, 0.1) is 0 Å². The number of hydrogen-bond acceptors (Lipinski definition) is 4. The van der Waals surface area contributed by atoms with Gasteiger partial charge in [0.2, 0.25) is 0 Å². The zero-order chi connectivity index (χ0) is 10.3. The van der Waals surface area contributed by atoms with Gasteiger partial charge in [0, 0.05) is 17.8 Å². The number of H-pyrrole nitrogens is 1. The number of likely N-dealkylation sites (N-methyl/N-ethyl adjacent to an activating group) is 1. The zero-order valence-electron chi connectivity index (χ0n) is 7.78. The minimum absolute atomic E-state index is 0.141. The van der Waals surface area contributed by atoms with Crippen LogP contribution in [0.15, 0.2) is 6.07 Å². The number of Topliss-reactive ketones (excluding diaryl/α,β-unsaturated/α-hetero) is 1. The van der Waals surface area contributed by atoms with E-state index in [9.17, 15) is 9.59 Å². The highest BCUT2D eigenvalue weighted by molar-refractivity contribution is 6.02. The Balaban J connectivity index is 2.48. The fourth-order valence-electron chi connectivity index (χ4n) is 1.64. The lowest BCUT2D eigenvalue weighted by Gasteiger charge is -2.27. The highest BCUT2D eigenvalue weighted by Crippen LogP contribution is 2.20. The summed E-state index contributed by atoms with van der Waals surface area (Å²) in [7, 11) is 1.77.